The molecule has 4 rings (SSSR count). The number of nitrogens with one attached hydrogen (secondary N) is 1. The van der Waals surface area contributed by atoms with Crippen LogP contribution in [0.5, 0.6) is 0 Å². The van der Waals surface area contributed by atoms with Crippen molar-refractivity contribution in [2.45, 2.75) is 50.0 Å². The van der Waals surface area contributed by atoms with Crippen LogP contribution in [0.3, 0.4) is 0 Å². The third-order valence-electron chi connectivity index (χ3n) is 6.25. The Morgan fingerprint density at radius 3 is 2.32 bits per heavy atom. The average Bonchev–Trinajstić information content (AvgIpc) is 2.86. The van der Waals surface area contributed by atoms with Crippen molar-refractivity contribution >= 4 is 21.6 Å². The van der Waals surface area contributed by atoms with Crippen molar-refractivity contribution in [1.29, 1.82) is 0 Å². The summed E-state index contributed by atoms with van der Waals surface area (Å²) in [5.41, 5.74) is 4.10. The molecule has 1 aliphatic carbocycles. The lowest BCUT2D eigenvalue weighted by atomic mass is 9.89. The van der Waals surface area contributed by atoms with Crippen LogP contribution in [0.25, 0.3) is 0 Å². The molecule has 0 unspecified atom stereocenters. The highest BCUT2D eigenvalue weighted by atomic mass is 32.2. The van der Waals surface area contributed by atoms with E-state index in [0.29, 0.717) is 12.1 Å². The molecule has 178 valence electrons. The molecule has 0 spiro atoms. The van der Waals surface area contributed by atoms with E-state index in [9.17, 15) is 17.6 Å². The zero-order valence-electron chi connectivity index (χ0n) is 19.2. The molecular formula is C27H29FN2O3S. The van der Waals surface area contributed by atoms with E-state index in [2.05, 4.69) is 23.5 Å². The van der Waals surface area contributed by atoms with Gasteiger partial charge in [-0.3, -0.25) is 9.10 Å². The van der Waals surface area contributed by atoms with Gasteiger partial charge in [0, 0.05) is 0 Å². The predicted octanol–water partition coefficient (Wildman–Crippen LogP) is 5.17. The second-order valence-corrected chi connectivity index (χ2v) is 10.4. The van der Waals surface area contributed by atoms with Gasteiger partial charge in [-0.05, 0) is 85.2 Å². The lowest BCUT2D eigenvalue weighted by Crippen LogP contribution is -2.42. The van der Waals surface area contributed by atoms with Crippen LogP contribution in [0.1, 0.15) is 48.9 Å². The molecule has 1 aliphatic rings. The molecule has 1 N–H and O–H groups in total. The molecule has 0 bridgehead atoms. The Morgan fingerprint density at radius 1 is 0.971 bits per heavy atom. The smallest absolute Gasteiger partial charge is 0.264 e. The van der Waals surface area contributed by atoms with Crippen LogP contribution in [0.15, 0.2) is 77.7 Å². The first-order chi connectivity index (χ1) is 16.4. The Hall–Kier alpha value is -3.19. The van der Waals surface area contributed by atoms with Gasteiger partial charge in [0.1, 0.15) is 12.4 Å². The Morgan fingerprint density at radius 2 is 1.65 bits per heavy atom. The predicted molar refractivity (Wildman–Crippen MR) is 132 cm³/mol. The number of para-hydroxylation sites is 1. The summed E-state index contributed by atoms with van der Waals surface area (Å²) >= 11 is 0. The first-order valence-corrected chi connectivity index (χ1v) is 13.1. The number of fused-ring (bicyclic) bond motifs is 1. The molecule has 7 heteroatoms. The van der Waals surface area contributed by atoms with E-state index in [4.69, 9.17) is 0 Å². The van der Waals surface area contributed by atoms with Crippen LogP contribution in [0, 0.1) is 5.82 Å². The quantitative estimate of drug-likeness (QED) is 0.484. The van der Waals surface area contributed by atoms with Crippen molar-refractivity contribution in [1.82, 2.24) is 5.32 Å². The van der Waals surface area contributed by atoms with Crippen molar-refractivity contribution in [3.8, 4) is 0 Å². The summed E-state index contributed by atoms with van der Waals surface area (Å²) in [6.45, 7) is 1.61. The number of sulfonamides is 1. The minimum absolute atomic E-state index is 0.0766. The van der Waals surface area contributed by atoms with E-state index in [-0.39, 0.29) is 17.5 Å². The van der Waals surface area contributed by atoms with E-state index in [1.165, 1.54) is 36.1 Å². The number of carbonyl (C=O) groups excluding carboxylic acids is 1. The molecule has 3 aromatic rings. The van der Waals surface area contributed by atoms with Gasteiger partial charge in [0.25, 0.3) is 10.0 Å². The van der Waals surface area contributed by atoms with E-state index in [1.54, 1.807) is 30.3 Å². The number of carbonyl (C=O) groups is 1. The number of anilines is 1. The zero-order chi connectivity index (χ0) is 24.1. The number of aryl methyl sites for hydroxylation is 2. The molecule has 0 aliphatic heterocycles. The molecule has 34 heavy (non-hydrogen) atoms. The zero-order valence-corrected chi connectivity index (χ0v) is 20.0. The first kappa shape index (κ1) is 24.0. The van der Waals surface area contributed by atoms with Gasteiger partial charge in [0.15, 0.2) is 0 Å². The number of benzene rings is 3. The maximum Gasteiger partial charge on any atom is 0.264 e. The fourth-order valence-corrected chi connectivity index (χ4v) is 5.83. The highest BCUT2D eigenvalue weighted by molar-refractivity contribution is 7.92. The minimum atomic E-state index is -4.08. The van der Waals surface area contributed by atoms with Crippen LogP contribution in [0.4, 0.5) is 10.1 Å². The summed E-state index contributed by atoms with van der Waals surface area (Å²) < 4.78 is 41.2. The topological polar surface area (TPSA) is 66.5 Å². The second-order valence-electron chi connectivity index (χ2n) is 8.56. The molecule has 0 aromatic heterocycles. The molecule has 0 saturated heterocycles. The van der Waals surface area contributed by atoms with Gasteiger partial charge in [0.2, 0.25) is 5.91 Å². The molecule has 3 aromatic carbocycles. The summed E-state index contributed by atoms with van der Waals surface area (Å²) in [5, 5.41) is 3.02. The van der Waals surface area contributed by atoms with Crippen LogP contribution < -0.4 is 9.62 Å². The van der Waals surface area contributed by atoms with Gasteiger partial charge in [-0.2, -0.15) is 0 Å². The van der Waals surface area contributed by atoms with Crippen molar-refractivity contribution in [2.24, 2.45) is 0 Å². The third-order valence-corrected chi connectivity index (χ3v) is 8.04. The van der Waals surface area contributed by atoms with E-state index in [0.717, 1.165) is 34.8 Å². The Labute approximate surface area is 200 Å². The molecule has 1 amide bonds. The van der Waals surface area contributed by atoms with Gasteiger partial charge in [-0.15, -0.1) is 0 Å². The molecule has 1 atom stereocenters. The fourth-order valence-electron chi connectivity index (χ4n) is 4.40. The molecule has 0 saturated carbocycles. The number of halogens is 1. The van der Waals surface area contributed by atoms with E-state index >= 15 is 0 Å². The SMILES string of the molecule is CC[C@@H](NC(=O)CN(c1ccccc1)S(=O)(=O)c1ccc(F)cc1)c1ccc2c(c1)CCCC2. The van der Waals surface area contributed by atoms with E-state index < -0.39 is 21.7 Å². The Kier molecular flexibility index (Phi) is 7.32. The number of rotatable bonds is 8. The molecular weight excluding hydrogens is 451 g/mol. The normalized spacial score (nSPS) is 14.2. The highest BCUT2D eigenvalue weighted by Crippen LogP contribution is 2.27. The van der Waals surface area contributed by atoms with Crippen molar-refractivity contribution < 1.29 is 17.6 Å². The Bertz CT molecular complexity index is 1240. The summed E-state index contributed by atoms with van der Waals surface area (Å²) in [6.07, 6.45) is 5.20. The number of amides is 1. The maximum atomic E-state index is 13.4. The lowest BCUT2D eigenvalue weighted by molar-refractivity contribution is -0.120. The standard InChI is InChI=1S/C27H29FN2O3S/c1-2-26(22-13-12-20-8-6-7-9-21(20)18-22)29-27(31)19-30(24-10-4-3-5-11-24)34(32,33)25-16-14-23(28)15-17-25/h3-5,10-18,26H,2,6-9,19H2,1H3,(H,29,31)/t26-/m1/s1. The number of hydrogen-bond acceptors (Lipinski definition) is 3. The van der Waals surface area contributed by atoms with Crippen LogP contribution in [-0.2, 0) is 27.7 Å². The van der Waals surface area contributed by atoms with Crippen molar-refractivity contribution in [3.05, 3.63) is 95.3 Å². The number of hydrogen-bond donors (Lipinski definition) is 1. The van der Waals surface area contributed by atoms with Crippen LogP contribution in [-0.4, -0.2) is 20.9 Å². The summed E-state index contributed by atoms with van der Waals surface area (Å²) in [5.74, 6) is -0.932. The number of nitrogens with zero attached hydrogens (tertiary/aromatic N) is 1. The van der Waals surface area contributed by atoms with Crippen LogP contribution in [0.2, 0.25) is 0 Å². The lowest BCUT2D eigenvalue weighted by Gasteiger charge is -2.26. The van der Waals surface area contributed by atoms with Crippen molar-refractivity contribution in [2.75, 3.05) is 10.8 Å². The summed E-state index contributed by atoms with van der Waals surface area (Å²) in [7, 11) is -4.08. The van der Waals surface area contributed by atoms with Gasteiger partial charge in [-0.1, -0.05) is 43.3 Å². The monoisotopic (exact) mass is 480 g/mol. The van der Waals surface area contributed by atoms with Gasteiger partial charge in [-0.25, -0.2) is 12.8 Å². The molecule has 5 nitrogen and oxygen atoms in total. The second kappa shape index (κ2) is 10.4. The third kappa shape index (κ3) is 5.30. The van der Waals surface area contributed by atoms with Gasteiger partial charge >= 0.3 is 0 Å². The highest BCUT2D eigenvalue weighted by Gasteiger charge is 2.28. The molecule has 0 heterocycles. The molecule has 0 fully saturated rings. The average molecular weight is 481 g/mol. The molecule has 0 radical (unpaired) electrons. The fraction of sp³-hybridized carbons (Fsp3) is 0.296. The summed E-state index contributed by atoms with van der Waals surface area (Å²) in [4.78, 5) is 13.0. The first-order valence-electron chi connectivity index (χ1n) is 11.6. The van der Waals surface area contributed by atoms with Gasteiger partial charge in [0.05, 0.1) is 16.6 Å². The van der Waals surface area contributed by atoms with Crippen LogP contribution >= 0.6 is 0 Å². The van der Waals surface area contributed by atoms with Crippen molar-refractivity contribution in [3.63, 3.8) is 0 Å². The van der Waals surface area contributed by atoms with Gasteiger partial charge < -0.3 is 5.32 Å². The maximum absolute atomic E-state index is 13.4. The minimum Gasteiger partial charge on any atom is -0.348 e. The Balaban J connectivity index is 1.57. The summed E-state index contributed by atoms with van der Waals surface area (Å²) in [6, 6.07) is 19.2. The largest absolute Gasteiger partial charge is 0.348 e. The van der Waals surface area contributed by atoms with E-state index in [1.807, 2.05) is 6.92 Å².